The van der Waals surface area contributed by atoms with Crippen LogP contribution >= 0.6 is 11.6 Å². The van der Waals surface area contributed by atoms with Gasteiger partial charge in [-0.15, -0.1) is 0 Å². The molecule has 1 aromatic heterocycles. The van der Waals surface area contributed by atoms with Gasteiger partial charge in [0.1, 0.15) is 11.3 Å². The van der Waals surface area contributed by atoms with Gasteiger partial charge < -0.3 is 9.47 Å². The zero-order chi connectivity index (χ0) is 18.0. The third kappa shape index (κ3) is 5.02. The highest BCUT2D eigenvalue weighted by atomic mass is 35.5. The molecule has 0 radical (unpaired) electrons. The Labute approximate surface area is 134 Å². The summed E-state index contributed by atoms with van der Waals surface area (Å²) in [6, 6.07) is -0.572. The summed E-state index contributed by atoms with van der Waals surface area (Å²) < 4.78 is 49.1. The highest BCUT2D eigenvalue weighted by Gasteiger charge is 2.41. The Morgan fingerprint density at radius 2 is 1.87 bits per heavy atom. The molecular formula is C12H15ClF3N3O4. The summed E-state index contributed by atoms with van der Waals surface area (Å²) in [7, 11) is 1.10. The Kier molecular flexibility index (Phi) is 5.51. The minimum atomic E-state index is -4.90. The number of carbonyl (C=O) groups is 2. The molecule has 0 aromatic carbocycles. The summed E-state index contributed by atoms with van der Waals surface area (Å²) in [5.74, 6) is -1.17. The van der Waals surface area contributed by atoms with Crippen molar-refractivity contribution >= 4 is 29.4 Å². The summed E-state index contributed by atoms with van der Waals surface area (Å²) >= 11 is 5.23. The van der Waals surface area contributed by atoms with Gasteiger partial charge in [-0.2, -0.15) is 18.3 Å². The molecule has 130 valence electrons. The standard InChI is InChI=1S/C12H15ClF3N3O4/c1-11(2,3)23-10(21)17-6-7(9(20)22-5-13)19(4)18-8(6)12(14,15)16/h5H2,1-4H3,(H,17,21). The molecule has 0 aliphatic rings. The Hall–Kier alpha value is -1.97. The first-order chi connectivity index (χ1) is 10.4. The third-order valence-corrected chi connectivity index (χ3v) is 2.43. The monoisotopic (exact) mass is 357 g/mol. The molecule has 0 atom stereocenters. The summed E-state index contributed by atoms with van der Waals surface area (Å²) in [5.41, 5.74) is -3.86. The Balaban J connectivity index is 3.30. The molecule has 0 saturated carbocycles. The second-order valence-corrected chi connectivity index (χ2v) is 5.58. The third-order valence-electron chi connectivity index (χ3n) is 2.32. The van der Waals surface area contributed by atoms with Crippen LogP contribution in [0, 0.1) is 0 Å². The number of esters is 1. The Morgan fingerprint density at radius 3 is 2.30 bits per heavy atom. The molecule has 1 rings (SSSR count). The van der Waals surface area contributed by atoms with Crippen molar-refractivity contribution < 1.29 is 32.2 Å². The molecule has 1 aromatic rings. The predicted octanol–water partition coefficient (Wildman–Crippen LogP) is 3.14. The van der Waals surface area contributed by atoms with Crippen molar-refractivity contribution in [3.8, 4) is 0 Å². The van der Waals surface area contributed by atoms with E-state index in [0.717, 1.165) is 7.05 Å². The molecule has 1 N–H and O–H groups in total. The first kappa shape index (κ1) is 19.1. The summed E-state index contributed by atoms with van der Waals surface area (Å²) in [6.07, 6.45) is -6.07. The van der Waals surface area contributed by atoms with Crippen LogP contribution in [-0.2, 0) is 22.7 Å². The minimum Gasteiger partial charge on any atom is -0.445 e. The van der Waals surface area contributed by atoms with Crippen LogP contribution < -0.4 is 5.32 Å². The summed E-state index contributed by atoms with van der Waals surface area (Å²) in [5, 5.41) is 5.11. The smallest absolute Gasteiger partial charge is 0.437 e. The van der Waals surface area contributed by atoms with E-state index in [4.69, 9.17) is 16.3 Å². The number of nitrogens with zero attached hydrogens (tertiary/aromatic N) is 2. The molecule has 0 aliphatic heterocycles. The molecule has 0 bridgehead atoms. The van der Waals surface area contributed by atoms with Crippen LogP contribution in [-0.4, -0.2) is 33.5 Å². The topological polar surface area (TPSA) is 82.5 Å². The molecule has 7 nitrogen and oxygen atoms in total. The number of halogens is 4. The number of aryl methyl sites for hydroxylation is 1. The SMILES string of the molecule is Cn1nc(C(F)(F)F)c(NC(=O)OC(C)(C)C)c1C(=O)OCCl. The highest BCUT2D eigenvalue weighted by molar-refractivity contribution is 6.18. The second-order valence-electron chi connectivity index (χ2n) is 5.36. The van der Waals surface area contributed by atoms with Crippen molar-refractivity contribution in [2.24, 2.45) is 7.05 Å². The fourth-order valence-corrected chi connectivity index (χ4v) is 1.70. The second kappa shape index (κ2) is 6.65. The normalized spacial score (nSPS) is 12.0. The number of anilines is 1. The van der Waals surface area contributed by atoms with Crippen molar-refractivity contribution in [3.05, 3.63) is 11.4 Å². The number of hydrogen-bond acceptors (Lipinski definition) is 5. The summed E-state index contributed by atoms with van der Waals surface area (Å²) in [6.45, 7) is 4.59. The van der Waals surface area contributed by atoms with Crippen molar-refractivity contribution in [2.75, 3.05) is 11.4 Å². The van der Waals surface area contributed by atoms with E-state index in [9.17, 15) is 22.8 Å². The lowest BCUT2D eigenvalue weighted by Crippen LogP contribution is -2.28. The maximum atomic E-state index is 13.0. The Morgan fingerprint density at radius 1 is 1.30 bits per heavy atom. The number of amides is 1. The van der Waals surface area contributed by atoms with E-state index < -0.39 is 47.0 Å². The van der Waals surface area contributed by atoms with Crippen molar-refractivity contribution in [1.82, 2.24) is 9.78 Å². The van der Waals surface area contributed by atoms with Crippen LogP contribution in [0.15, 0.2) is 0 Å². The van der Waals surface area contributed by atoms with Gasteiger partial charge in [0, 0.05) is 7.05 Å². The van der Waals surface area contributed by atoms with Gasteiger partial charge in [-0.25, -0.2) is 9.59 Å². The number of nitrogens with one attached hydrogen (secondary N) is 1. The van der Waals surface area contributed by atoms with Crippen LogP contribution in [0.4, 0.5) is 23.7 Å². The van der Waals surface area contributed by atoms with Gasteiger partial charge >= 0.3 is 18.2 Å². The maximum absolute atomic E-state index is 13.0. The van der Waals surface area contributed by atoms with E-state index in [0.29, 0.717) is 4.68 Å². The van der Waals surface area contributed by atoms with Crippen LogP contribution in [0.5, 0.6) is 0 Å². The van der Waals surface area contributed by atoms with Crippen LogP contribution in [0.25, 0.3) is 0 Å². The first-order valence-corrected chi connectivity index (χ1v) is 6.77. The fraction of sp³-hybridized carbons (Fsp3) is 0.583. The van der Waals surface area contributed by atoms with Gasteiger partial charge in [0.05, 0.1) is 0 Å². The van der Waals surface area contributed by atoms with E-state index in [1.807, 2.05) is 5.32 Å². The largest absolute Gasteiger partial charge is 0.445 e. The van der Waals surface area contributed by atoms with Gasteiger partial charge in [-0.1, -0.05) is 11.6 Å². The van der Waals surface area contributed by atoms with Crippen molar-refractivity contribution in [2.45, 2.75) is 32.5 Å². The van der Waals surface area contributed by atoms with Crippen LogP contribution in [0.2, 0.25) is 0 Å². The number of alkyl halides is 4. The molecule has 0 spiro atoms. The zero-order valence-corrected chi connectivity index (χ0v) is 13.5. The number of carbonyl (C=O) groups excluding carboxylic acids is 2. The van der Waals surface area contributed by atoms with Crippen LogP contribution in [0.3, 0.4) is 0 Å². The fourth-order valence-electron chi connectivity index (χ4n) is 1.60. The molecule has 0 saturated heterocycles. The van der Waals surface area contributed by atoms with Crippen molar-refractivity contribution in [1.29, 1.82) is 0 Å². The molecule has 0 fully saturated rings. The molecule has 23 heavy (non-hydrogen) atoms. The lowest BCUT2D eigenvalue weighted by atomic mass is 10.2. The maximum Gasteiger partial charge on any atom is 0.437 e. The highest BCUT2D eigenvalue weighted by Crippen LogP contribution is 2.36. The average Bonchev–Trinajstić information content (AvgIpc) is 2.63. The quantitative estimate of drug-likeness (QED) is 0.663. The summed E-state index contributed by atoms with van der Waals surface area (Å²) in [4.78, 5) is 23.5. The van der Waals surface area contributed by atoms with E-state index in [2.05, 4.69) is 9.84 Å². The lowest BCUT2D eigenvalue weighted by molar-refractivity contribution is -0.140. The number of hydrogen-bond donors (Lipinski definition) is 1. The van der Waals surface area contributed by atoms with Gasteiger partial charge in [0.2, 0.25) is 0 Å². The number of rotatable bonds is 3. The van der Waals surface area contributed by atoms with Crippen molar-refractivity contribution in [3.63, 3.8) is 0 Å². The average molecular weight is 358 g/mol. The minimum absolute atomic E-state index is 0.572. The molecule has 1 heterocycles. The number of aromatic nitrogens is 2. The molecule has 1 amide bonds. The van der Waals surface area contributed by atoms with E-state index in [1.165, 1.54) is 20.8 Å². The van der Waals surface area contributed by atoms with Gasteiger partial charge in [-0.3, -0.25) is 10.00 Å². The molecule has 0 aliphatic carbocycles. The van der Waals surface area contributed by atoms with Gasteiger partial charge in [0.15, 0.2) is 17.5 Å². The zero-order valence-electron chi connectivity index (χ0n) is 12.7. The number of ether oxygens (including phenoxy) is 2. The Bertz CT molecular complexity index is 608. The lowest BCUT2D eigenvalue weighted by Gasteiger charge is -2.20. The van der Waals surface area contributed by atoms with Crippen LogP contribution in [0.1, 0.15) is 37.0 Å². The van der Waals surface area contributed by atoms with Gasteiger partial charge in [-0.05, 0) is 20.8 Å². The predicted molar refractivity (Wildman–Crippen MR) is 74.2 cm³/mol. The van der Waals surface area contributed by atoms with E-state index in [1.54, 1.807) is 0 Å². The van der Waals surface area contributed by atoms with E-state index >= 15 is 0 Å². The first-order valence-electron chi connectivity index (χ1n) is 6.24. The molecule has 11 heteroatoms. The molecule has 0 unspecified atom stereocenters. The van der Waals surface area contributed by atoms with Gasteiger partial charge in [0.25, 0.3) is 0 Å². The van der Waals surface area contributed by atoms with E-state index in [-0.39, 0.29) is 0 Å². The molecular weight excluding hydrogens is 343 g/mol.